The van der Waals surface area contributed by atoms with E-state index < -0.39 is 11.7 Å². The Balaban J connectivity index is 1.82. The van der Waals surface area contributed by atoms with E-state index >= 15 is 0 Å². The molecule has 1 aromatic heterocycles. The van der Waals surface area contributed by atoms with Crippen LogP contribution in [0.2, 0.25) is 0 Å². The van der Waals surface area contributed by atoms with Crippen LogP contribution in [0.5, 0.6) is 0 Å². The number of methoxy groups -OCH3 is 1. The summed E-state index contributed by atoms with van der Waals surface area (Å²) in [6.45, 7) is 3.07. The van der Waals surface area contributed by atoms with Crippen molar-refractivity contribution in [3.63, 3.8) is 0 Å². The number of benzene rings is 2. The summed E-state index contributed by atoms with van der Waals surface area (Å²) in [5.74, 6) is -0.369. The summed E-state index contributed by atoms with van der Waals surface area (Å²) in [6, 6.07) is 18.4. The van der Waals surface area contributed by atoms with Crippen molar-refractivity contribution >= 4 is 11.8 Å². The van der Waals surface area contributed by atoms with Crippen molar-refractivity contribution in [2.75, 3.05) is 26.8 Å². The topological polar surface area (TPSA) is 54.8 Å². The minimum Gasteiger partial charge on any atom is -0.383 e. The maximum Gasteiger partial charge on any atom is 0.416 e. The van der Waals surface area contributed by atoms with Crippen LogP contribution in [0.3, 0.4) is 0 Å². The molecule has 37 heavy (non-hydrogen) atoms. The van der Waals surface area contributed by atoms with E-state index in [0.29, 0.717) is 25.3 Å². The zero-order valence-corrected chi connectivity index (χ0v) is 21.1. The van der Waals surface area contributed by atoms with Gasteiger partial charge in [-0.15, -0.1) is 0 Å². The van der Waals surface area contributed by atoms with Gasteiger partial charge in [-0.25, -0.2) is 0 Å². The Kier molecular flexibility index (Phi) is 9.91. The smallest absolute Gasteiger partial charge is 0.383 e. The minimum atomic E-state index is -4.42. The second-order valence-corrected chi connectivity index (χ2v) is 8.72. The molecule has 9 heteroatoms. The highest BCUT2D eigenvalue weighted by molar-refractivity contribution is 5.84. The summed E-state index contributed by atoms with van der Waals surface area (Å²) < 4.78 is 46.4. The number of carbonyl (C=O) groups is 2. The lowest BCUT2D eigenvalue weighted by Gasteiger charge is -2.28. The van der Waals surface area contributed by atoms with Gasteiger partial charge in [0.1, 0.15) is 0 Å². The first-order valence-corrected chi connectivity index (χ1v) is 12.1. The fourth-order valence-electron chi connectivity index (χ4n) is 4.00. The van der Waals surface area contributed by atoms with Crippen LogP contribution in [0.1, 0.15) is 35.7 Å². The van der Waals surface area contributed by atoms with Crippen LogP contribution in [0, 0.1) is 0 Å². The van der Waals surface area contributed by atoms with Gasteiger partial charge in [-0.3, -0.25) is 9.59 Å². The Morgan fingerprint density at radius 1 is 0.892 bits per heavy atom. The van der Waals surface area contributed by atoms with Crippen molar-refractivity contribution in [2.45, 2.75) is 39.2 Å². The number of hydrogen-bond donors (Lipinski definition) is 0. The summed E-state index contributed by atoms with van der Waals surface area (Å²) in [4.78, 5) is 29.0. The van der Waals surface area contributed by atoms with Gasteiger partial charge in [-0.1, -0.05) is 49.4 Å². The number of nitrogens with zero attached hydrogens (tertiary/aromatic N) is 3. The lowest BCUT2D eigenvalue weighted by atomic mass is 10.1. The maximum atomic E-state index is 13.4. The van der Waals surface area contributed by atoms with Crippen molar-refractivity contribution in [2.24, 2.45) is 0 Å². The van der Waals surface area contributed by atoms with Crippen molar-refractivity contribution in [1.82, 2.24) is 14.4 Å². The van der Waals surface area contributed by atoms with E-state index in [-0.39, 0.29) is 37.9 Å². The molecule has 0 bridgehead atoms. The average Bonchev–Trinajstić information content (AvgIpc) is 3.32. The molecule has 0 aliphatic rings. The SMILES string of the molecule is CCC(=O)N(CCOC)CC(=O)N(Cc1ccccc1)Cc1cccn1Cc1cccc(C(F)(F)F)c1. The number of hydrogen-bond acceptors (Lipinski definition) is 3. The molecule has 6 nitrogen and oxygen atoms in total. The zero-order chi connectivity index (χ0) is 26.8. The molecular weight excluding hydrogens is 483 g/mol. The van der Waals surface area contributed by atoms with Gasteiger partial charge in [-0.05, 0) is 35.4 Å². The first-order chi connectivity index (χ1) is 17.7. The number of halogens is 3. The highest BCUT2D eigenvalue weighted by atomic mass is 19.4. The molecule has 0 saturated heterocycles. The molecule has 0 aliphatic heterocycles. The third kappa shape index (κ3) is 8.21. The number of rotatable bonds is 12. The number of carbonyl (C=O) groups excluding carboxylic acids is 2. The lowest BCUT2D eigenvalue weighted by molar-refractivity contribution is -0.141. The van der Waals surface area contributed by atoms with Gasteiger partial charge in [0.15, 0.2) is 0 Å². The molecule has 2 aromatic carbocycles. The summed E-state index contributed by atoms with van der Waals surface area (Å²) in [7, 11) is 1.54. The van der Waals surface area contributed by atoms with E-state index in [0.717, 1.165) is 23.4 Å². The molecule has 0 atom stereocenters. The predicted octanol–water partition coefficient (Wildman–Crippen LogP) is 4.97. The van der Waals surface area contributed by atoms with E-state index in [1.54, 1.807) is 30.2 Å². The number of ether oxygens (including phenoxy) is 1. The molecular formula is C28H32F3N3O3. The molecule has 0 N–H and O–H groups in total. The molecule has 0 fully saturated rings. The summed E-state index contributed by atoms with van der Waals surface area (Å²) in [6.07, 6.45) is -2.36. The van der Waals surface area contributed by atoms with Crippen LogP contribution in [0.15, 0.2) is 72.9 Å². The first-order valence-electron chi connectivity index (χ1n) is 12.1. The van der Waals surface area contributed by atoms with Gasteiger partial charge < -0.3 is 19.1 Å². The van der Waals surface area contributed by atoms with Gasteiger partial charge in [0.05, 0.1) is 25.3 Å². The van der Waals surface area contributed by atoms with E-state index in [4.69, 9.17) is 4.74 Å². The molecule has 0 spiro atoms. The standard InChI is InChI=1S/C28H32F3N3O3/c1-3-26(35)33(15-16-37-2)21-27(36)34(18-22-9-5-4-6-10-22)20-25-13-8-14-32(25)19-23-11-7-12-24(17-23)28(29,30)31/h4-14,17H,3,15-16,18-21H2,1-2H3. The molecule has 0 saturated carbocycles. The second-order valence-electron chi connectivity index (χ2n) is 8.72. The number of amides is 2. The molecule has 1 heterocycles. The second kappa shape index (κ2) is 13.1. The van der Waals surface area contributed by atoms with Crippen molar-refractivity contribution in [3.05, 3.63) is 95.3 Å². The molecule has 0 aliphatic carbocycles. The van der Waals surface area contributed by atoms with Gasteiger partial charge in [-0.2, -0.15) is 13.2 Å². The molecule has 0 unspecified atom stereocenters. The van der Waals surface area contributed by atoms with Gasteiger partial charge >= 0.3 is 6.18 Å². The Bertz CT molecular complexity index is 1160. The number of aromatic nitrogens is 1. The lowest BCUT2D eigenvalue weighted by Crippen LogP contribution is -2.43. The fourth-order valence-corrected chi connectivity index (χ4v) is 4.00. The Labute approximate surface area is 215 Å². The first kappa shape index (κ1) is 28.0. The molecule has 3 rings (SSSR count). The minimum absolute atomic E-state index is 0.0861. The predicted molar refractivity (Wildman–Crippen MR) is 134 cm³/mol. The largest absolute Gasteiger partial charge is 0.416 e. The monoisotopic (exact) mass is 515 g/mol. The normalized spacial score (nSPS) is 11.4. The van der Waals surface area contributed by atoms with Gasteiger partial charge in [0.2, 0.25) is 11.8 Å². The Morgan fingerprint density at radius 2 is 1.62 bits per heavy atom. The third-order valence-electron chi connectivity index (χ3n) is 6.00. The van der Waals surface area contributed by atoms with E-state index in [1.807, 2.05) is 41.0 Å². The van der Waals surface area contributed by atoms with Crippen LogP contribution in [-0.4, -0.2) is 53.0 Å². The van der Waals surface area contributed by atoms with E-state index in [1.165, 1.54) is 18.1 Å². The fraction of sp³-hybridized carbons (Fsp3) is 0.357. The van der Waals surface area contributed by atoms with Crippen LogP contribution < -0.4 is 0 Å². The zero-order valence-electron chi connectivity index (χ0n) is 21.1. The summed E-state index contributed by atoms with van der Waals surface area (Å²) in [5, 5.41) is 0. The van der Waals surface area contributed by atoms with Gasteiger partial charge in [0, 0.05) is 45.1 Å². The molecule has 0 radical (unpaired) electrons. The van der Waals surface area contributed by atoms with Gasteiger partial charge in [0.25, 0.3) is 0 Å². The van der Waals surface area contributed by atoms with Crippen LogP contribution in [0.4, 0.5) is 13.2 Å². The Morgan fingerprint density at radius 3 is 2.30 bits per heavy atom. The van der Waals surface area contributed by atoms with Crippen molar-refractivity contribution in [3.8, 4) is 0 Å². The molecule has 198 valence electrons. The maximum absolute atomic E-state index is 13.4. The van der Waals surface area contributed by atoms with Crippen LogP contribution in [0.25, 0.3) is 0 Å². The molecule has 3 aromatic rings. The van der Waals surface area contributed by atoms with Crippen molar-refractivity contribution < 1.29 is 27.5 Å². The average molecular weight is 516 g/mol. The van der Waals surface area contributed by atoms with E-state index in [9.17, 15) is 22.8 Å². The van der Waals surface area contributed by atoms with E-state index in [2.05, 4.69) is 0 Å². The van der Waals surface area contributed by atoms with Crippen LogP contribution >= 0.6 is 0 Å². The summed E-state index contributed by atoms with van der Waals surface area (Å²) >= 11 is 0. The quantitative estimate of drug-likeness (QED) is 0.342. The Hall–Kier alpha value is -3.59. The number of alkyl halides is 3. The third-order valence-corrected chi connectivity index (χ3v) is 6.00. The van der Waals surface area contributed by atoms with Crippen LogP contribution in [-0.2, 0) is 40.1 Å². The highest BCUT2D eigenvalue weighted by Gasteiger charge is 2.30. The highest BCUT2D eigenvalue weighted by Crippen LogP contribution is 2.29. The molecule has 2 amide bonds. The summed E-state index contributed by atoms with van der Waals surface area (Å²) in [5.41, 5.74) is 1.51. The van der Waals surface area contributed by atoms with Crippen molar-refractivity contribution in [1.29, 1.82) is 0 Å².